The molecule has 3 rings (SSSR count). The minimum Gasteiger partial charge on any atom is -0.371 e. The summed E-state index contributed by atoms with van der Waals surface area (Å²) in [5, 5.41) is 20.8. The molecule has 2 N–H and O–H groups in total. The van der Waals surface area contributed by atoms with Crippen LogP contribution in [-0.4, -0.2) is 78.1 Å². The van der Waals surface area contributed by atoms with E-state index < -0.39 is 12.0 Å². The van der Waals surface area contributed by atoms with E-state index in [1.807, 2.05) is 42.3 Å². The second kappa shape index (κ2) is 22.0. The lowest BCUT2D eigenvalue weighted by molar-refractivity contribution is -0.144. The van der Waals surface area contributed by atoms with Gasteiger partial charge in [0.25, 0.3) is 5.91 Å². The van der Waals surface area contributed by atoms with Crippen LogP contribution in [0.1, 0.15) is 121 Å². The molecule has 0 radical (unpaired) electrons. The van der Waals surface area contributed by atoms with Gasteiger partial charge in [0.15, 0.2) is 5.78 Å². The summed E-state index contributed by atoms with van der Waals surface area (Å²) < 4.78 is 6.45. The topological polar surface area (TPSA) is 138 Å². The van der Waals surface area contributed by atoms with Crippen molar-refractivity contribution in [1.29, 1.82) is 0 Å². The molecule has 0 fully saturated rings. The summed E-state index contributed by atoms with van der Waals surface area (Å²) in [6.45, 7) is 18.2. The number of amides is 2. The molecule has 0 unspecified atom stereocenters. The summed E-state index contributed by atoms with van der Waals surface area (Å²) in [6.07, 6.45) is 4.19. The zero-order valence-corrected chi connectivity index (χ0v) is 33.7. The molecule has 288 valence electrons. The highest BCUT2D eigenvalue weighted by Gasteiger charge is 2.38. The van der Waals surface area contributed by atoms with Crippen molar-refractivity contribution in [1.82, 2.24) is 20.5 Å². The number of ketones is 1. The quantitative estimate of drug-likeness (QED) is 0.113. The van der Waals surface area contributed by atoms with Gasteiger partial charge in [0.1, 0.15) is 23.4 Å². The molecule has 0 spiro atoms. The zero-order valence-electron chi connectivity index (χ0n) is 32.9. The summed E-state index contributed by atoms with van der Waals surface area (Å²) in [5.41, 5.74) is 2.09. The third kappa shape index (κ3) is 12.1. The number of Topliss-reactive ketones (excluding diaryl/α,β-unsaturated/α-hetero) is 1. The van der Waals surface area contributed by atoms with Gasteiger partial charge in [-0.15, -0.1) is 16.4 Å². The molecule has 1 aliphatic heterocycles. The number of likely N-dealkylation sites (N-methyl/N-ethyl adjacent to an activating group) is 1. The molecule has 12 heteroatoms. The maximum atomic E-state index is 14.7. The summed E-state index contributed by atoms with van der Waals surface area (Å²) in [5.74, 6) is -0.230. The molecule has 7 atom stereocenters. The Labute approximate surface area is 315 Å². The van der Waals surface area contributed by atoms with E-state index in [1.54, 1.807) is 5.38 Å². The van der Waals surface area contributed by atoms with Crippen LogP contribution in [0.2, 0.25) is 0 Å². The number of rotatable bonds is 24. The maximum Gasteiger partial charge on any atom is 0.271 e. The number of carbonyl (C=O) groups excluding carboxylic acids is 3. The van der Waals surface area contributed by atoms with E-state index in [-0.39, 0.29) is 59.9 Å². The highest BCUT2D eigenvalue weighted by molar-refractivity contribution is 7.09. The lowest BCUT2D eigenvalue weighted by Crippen LogP contribution is -2.50. The average molecular weight is 738 g/mol. The van der Waals surface area contributed by atoms with Gasteiger partial charge in [-0.1, -0.05) is 98.6 Å². The molecule has 1 aliphatic rings. The SMILES string of the molecule is CCCO[C@H](C[C@H](C(C)C)N(CCC)C(=O)[C@@H](CC(=O)[C@H](NC)[C@@H](C)CC)[C@@H](C)CC)c1nc(C(=O)N[C@@H](Cc2ccccc2)C2=NN=NC2)cs1. The molecule has 0 saturated heterocycles. The number of nitrogens with zero attached hydrogens (tertiary/aromatic N) is 5. The largest absolute Gasteiger partial charge is 0.371 e. The van der Waals surface area contributed by atoms with Crippen molar-refractivity contribution in [3.8, 4) is 0 Å². The van der Waals surface area contributed by atoms with Crippen LogP contribution >= 0.6 is 11.3 Å². The highest BCUT2D eigenvalue weighted by atomic mass is 32.1. The van der Waals surface area contributed by atoms with Crippen molar-refractivity contribution in [3.05, 3.63) is 52.0 Å². The zero-order chi connectivity index (χ0) is 38.2. The molecular weight excluding hydrogens is 675 g/mol. The number of aromatic nitrogens is 1. The van der Waals surface area contributed by atoms with Crippen LogP contribution in [0.5, 0.6) is 0 Å². The molecule has 1 aromatic carbocycles. The molecule has 0 saturated carbocycles. The Bertz CT molecular complexity index is 1460. The van der Waals surface area contributed by atoms with Crippen LogP contribution in [0.25, 0.3) is 0 Å². The monoisotopic (exact) mass is 737 g/mol. The van der Waals surface area contributed by atoms with Gasteiger partial charge < -0.3 is 20.3 Å². The van der Waals surface area contributed by atoms with E-state index in [4.69, 9.17) is 9.72 Å². The minimum absolute atomic E-state index is 0.0356. The second-order valence-corrected chi connectivity index (χ2v) is 15.4. The molecule has 2 amide bonds. The fourth-order valence-electron chi connectivity index (χ4n) is 6.81. The van der Waals surface area contributed by atoms with Gasteiger partial charge in [-0.25, -0.2) is 4.98 Å². The number of nitrogens with one attached hydrogen (secondary N) is 2. The Morgan fingerprint density at radius 3 is 2.27 bits per heavy atom. The molecule has 0 bridgehead atoms. The number of carbonyl (C=O) groups is 3. The Hall–Kier alpha value is -3.35. The van der Waals surface area contributed by atoms with Crippen molar-refractivity contribution < 1.29 is 19.1 Å². The number of hydrogen-bond acceptors (Lipinski definition) is 10. The number of hydrogen-bond donors (Lipinski definition) is 2. The van der Waals surface area contributed by atoms with Crippen molar-refractivity contribution in [2.24, 2.45) is 39.1 Å². The Balaban J connectivity index is 1.87. The van der Waals surface area contributed by atoms with Crippen molar-refractivity contribution >= 4 is 34.6 Å². The first-order valence-corrected chi connectivity index (χ1v) is 20.2. The molecule has 52 heavy (non-hydrogen) atoms. The van der Waals surface area contributed by atoms with E-state index >= 15 is 0 Å². The van der Waals surface area contributed by atoms with Crippen LogP contribution in [0.3, 0.4) is 0 Å². The van der Waals surface area contributed by atoms with E-state index in [2.05, 4.69) is 81.5 Å². The predicted molar refractivity (Wildman–Crippen MR) is 210 cm³/mol. The summed E-state index contributed by atoms with van der Waals surface area (Å²) in [7, 11) is 1.83. The van der Waals surface area contributed by atoms with Gasteiger partial charge in [0, 0.05) is 43.3 Å². The third-order valence-electron chi connectivity index (χ3n) is 10.3. The predicted octanol–water partition coefficient (Wildman–Crippen LogP) is 7.68. The van der Waals surface area contributed by atoms with Crippen molar-refractivity contribution in [3.63, 3.8) is 0 Å². The van der Waals surface area contributed by atoms with Gasteiger partial charge in [0.05, 0.1) is 17.8 Å². The van der Waals surface area contributed by atoms with Crippen molar-refractivity contribution in [2.75, 3.05) is 26.7 Å². The van der Waals surface area contributed by atoms with Crippen LogP contribution in [-0.2, 0) is 20.7 Å². The van der Waals surface area contributed by atoms with Gasteiger partial charge in [-0.2, -0.15) is 5.11 Å². The highest BCUT2D eigenvalue weighted by Crippen LogP contribution is 2.33. The lowest BCUT2D eigenvalue weighted by Gasteiger charge is -2.39. The van der Waals surface area contributed by atoms with Crippen molar-refractivity contribution in [2.45, 2.75) is 125 Å². The molecule has 2 aromatic rings. The van der Waals surface area contributed by atoms with Gasteiger partial charge >= 0.3 is 0 Å². The fraction of sp³-hybridized carbons (Fsp3) is 0.675. The summed E-state index contributed by atoms with van der Waals surface area (Å²) in [6, 6.07) is 9.13. The smallest absolute Gasteiger partial charge is 0.271 e. The number of thiazole rings is 1. The van der Waals surface area contributed by atoms with Crippen LogP contribution in [0.4, 0.5) is 0 Å². The van der Waals surface area contributed by atoms with Gasteiger partial charge in [-0.3, -0.25) is 14.4 Å². The van der Waals surface area contributed by atoms with E-state index in [9.17, 15) is 14.4 Å². The van der Waals surface area contributed by atoms with Gasteiger partial charge in [-0.05, 0) is 54.9 Å². The molecule has 0 aliphatic carbocycles. The number of ether oxygens (including phenoxy) is 1. The Morgan fingerprint density at radius 2 is 1.69 bits per heavy atom. The van der Waals surface area contributed by atoms with Gasteiger partial charge in [0.2, 0.25) is 5.91 Å². The van der Waals surface area contributed by atoms with E-state index in [0.717, 1.165) is 31.2 Å². The van der Waals surface area contributed by atoms with Crippen LogP contribution in [0, 0.1) is 23.7 Å². The second-order valence-electron chi connectivity index (χ2n) is 14.5. The number of benzene rings is 1. The minimum atomic E-state index is -0.413. The standard InChI is InChI=1S/C40H63N7O4S/c1-10-19-47(40(50)30(27(7)12-3)22-35(48)37(41-9)28(8)13-4)34(26(5)6)23-36(51-20-11-2)39-44-33(25-52-39)38(49)43-31(32-24-42-46-45-32)21-29-17-15-14-16-18-29/h14-18,25-28,30-31,34,36-37,41H,10-13,19-24H2,1-9H3,(H,43,49)/t27-,28-,30-,31-,34+,36+,37+/m0/s1. The van der Waals surface area contributed by atoms with Crippen LogP contribution < -0.4 is 10.6 Å². The Morgan fingerprint density at radius 1 is 0.981 bits per heavy atom. The van der Waals surface area contributed by atoms with E-state index in [1.165, 1.54) is 11.3 Å². The molecule has 2 heterocycles. The van der Waals surface area contributed by atoms with Crippen LogP contribution in [0.15, 0.2) is 51.2 Å². The lowest BCUT2D eigenvalue weighted by atomic mass is 9.82. The Kier molecular flexibility index (Phi) is 18.2. The fourth-order valence-corrected chi connectivity index (χ4v) is 7.67. The molecular formula is C40H63N7O4S. The van der Waals surface area contributed by atoms with E-state index in [0.29, 0.717) is 49.0 Å². The molecule has 1 aromatic heterocycles. The first kappa shape index (κ1) is 43.1. The summed E-state index contributed by atoms with van der Waals surface area (Å²) >= 11 is 1.40. The summed E-state index contributed by atoms with van der Waals surface area (Å²) in [4.78, 5) is 48.8. The average Bonchev–Trinajstić information content (AvgIpc) is 3.87. The third-order valence-corrected chi connectivity index (χ3v) is 11.3. The first-order valence-electron chi connectivity index (χ1n) is 19.3. The maximum absolute atomic E-state index is 14.7. The normalized spacial score (nSPS) is 16.8. The first-order chi connectivity index (χ1) is 25.0. The molecule has 11 nitrogen and oxygen atoms in total.